The zero-order chi connectivity index (χ0) is 9.97. The van der Waals surface area contributed by atoms with Crippen molar-refractivity contribution in [2.24, 2.45) is 0 Å². The minimum absolute atomic E-state index is 0.860. The van der Waals surface area contributed by atoms with E-state index in [9.17, 15) is 0 Å². The molecule has 0 saturated heterocycles. The van der Waals surface area contributed by atoms with Crippen LogP contribution in [0.15, 0.2) is 24.3 Å². The molecule has 0 amide bonds. The predicted octanol–water partition coefficient (Wildman–Crippen LogP) is 2.67. The molecule has 0 saturated carbocycles. The van der Waals surface area contributed by atoms with Gasteiger partial charge in [-0.1, -0.05) is 12.1 Å². The molecule has 72 valence electrons. The van der Waals surface area contributed by atoms with Crippen LogP contribution in [0, 0.1) is 5.41 Å². The molecule has 0 atom stereocenters. The number of hydrogen-bond donors (Lipinski definition) is 1. The van der Waals surface area contributed by atoms with Gasteiger partial charge < -0.3 is 10.1 Å². The maximum Gasteiger partial charge on any atom is 0.119 e. The Morgan fingerprint density at radius 2 is 2.29 bits per heavy atom. The molecule has 1 N–H and O–H groups in total. The number of fused-ring (bicyclic) bond motifs is 1. The molecule has 0 heterocycles. The van der Waals surface area contributed by atoms with E-state index in [1.807, 2.05) is 12.1 Å². The minimum atomic E-state index is 0.860. The van der Waals surface area contributed by atoms with Crippen molar-refractivity contribution in [2.45, 2.75) is 12.8 Å². The fraction of sp³-hybridized carbons (Fsp3) is 0.250. The summed E-state index contributed by atoms with van der Waals surface area (Å²) < 4.78 is 5.17. The van der Waals surface area contributed by atoms with Crippen molar-refractivity contribution in [3.8, 4) is 5.75 Å². The van der Waals surface area contributed by atoms with E-state index in [1.54, 1.807) is 7.11 Å². The van der Waals surface area contributed by atoms with Crippen molar-refractivity contribution in [2.75, 3.05) is 7.11 Å². The number of nitrogens with one attached hydrogen (secondary N) is 1. The van der Waals surface area contributed by atoms with E-state index in [2.05, 4.69) is 12.1 Å². The molecule has 1 aromatic rings. The lowest BCUT2D eigenvalue weighted by molar-refractivity contribution is 0.414. The second kappa shape index (κ2) is 3.66. The summed E-state index contributed by atoms with van der Waals surface area (Å²) in [6, 6.07) is 6.07. The maximum absolute atomic E-state index is 7.32. The van der Waals surface area contributed by atoms with E-state index in [1.165, 1.54) is 11.8 Å². The predicted molar refractivity (Wildman–Crippen MR) is 58.1 cm³/mol. The molecule has 14 heavy (non-hydrogen) atoms. The quantitative estimate of drug-likeness (QED) is 0.709. The summed E-state index contributed by atoms with van der Waals surface area (Å²) in [6.07, 6.45) is 5.62. The summed E-state index contributed by atoms with van der Waals surface area (Å²) in [5.41, 5.74) is 3.46. The maximum atomic E-state index is 7.32. The molecule has 1 aromatic carbocycles. The Balaban J connectivity index is 2.51. The molecular formula is C12H13NO. The summed E-state index contributed by atoms with van der Waals surface area (Å²) in [5, 5.41) is 7.32. The molecular weight excluding hydrogens is 174 g/mol. The lowest BCUT2D eigenvalue weighted by atomic mass is 9.91. The molecule has 1 aliphatic carbocycles. The third-order valence-electron chi connectivity index (χ3n) is 2.56. The van der Waals surface area contributed by atoms with Gasteiger partial charge in [0.05, 0.1) is 7.11 Å². The summed E-state index contributed by atoms with van der Waals surface area (Å²) in [6.45, 7) is 0. The fourth-order valence-electron chi connectivity index (χ4n) is 1.80. The Bertz CT molecular complexity index is 393. The smallest absolute Gasteiger partial charge is 0.119 e. The van der Waals surface area contributed by atoms with Crippen LogP contribution in [0.3, 0.4) is 0 Å². The summed E-state index contributed by atoms with van der Waals surface area (Å²) in [5.74, 6) is 0.860. The van der Waals surface area contributed by atoms with Crippen LogP contribution < -0.4 is 4.74 Å². The zero-order valence-electron chi connectivity index (χ0n) is 8.21. The molecule has 0 aromatic heterocycles. The van der Waals surface area contributed by atoms with Crippen molar-refractivity contribution in [3.63, 3.8) is 0 Å². The van der Waals surface area contributed by atoms with Crippen LogP contribution in [0.5, 0.6) is 5.75 Å². The Labute approximate surface area is 83.7 Å². The summed E-state index contributed by atoms with van der Waals surface area (Å²) >= 11 is 0. The van der Waals surface area contributed by atoms with Gasteiger partial charge in [0, 0.05) is 6.21 Å². The van der Waals surface area contributed by atoms with E-state index in [4.69, 9.17) is 10.1 Å². The van der Waals surface area contributed by atoms with E-state index in [-0.39, 0.29) is 0 Å². The van der Waals surface area contributed by atoms with Gasteiger partial charge in [0.15, 0.2) is 0 Å². The van der Waals surface area contributed by atoms with Crippen LogP contribution in [0.2, 0.25) is 0 Å². The number of rotatable bonds is 2. The molecule has 2 rings (SSSR count). The molecule has 0 spiro atoms. The van der Waals surface area contributed by atoms with Crippen molar-refractivity contribution in [1.82, 2.24) is 0 Å². The monoisotopic (exact) mass is 187 g/mol. The van der Waals surface area contributed by atoms with Crippen molar-refractivity contribution < 1.29 is 4.74 Å². The highest BCUT2D eigenvalue weighted by molar-refractivity contribution is 6.09. The van der Waals surface area contributed by atoms with E-state index in [0.29, 0.717) is 0 Å². The Morgan fingerprint density at radius 1 is 1.43 bits per heavy atom. The summed E-state index contributed by atoms with van der Waals surface area (Å²) in [4.78, 5) is 0. The highest BCUT2D eigenvalue weighted by Crippen LogP contribution is 2.28. The second-order valence-corrected chi connectivity index (χ2v) is 3.37. The van der Waals surface area contributed by atoms with Crippen LogP contribution in [0.1, 0.15) is 17.5 Å². The Morgan fingerprint density at radius 3 is 3.00 bits per heavy atom. The molecule has 2 heteroatoms. The first-order chi connectivity index (χ1) is 6.85. The van der Waals surface area contributed by atoms with E-state index in [0.717, 1.165) is 29.7 Å². The van der Waals surface area contributed by atoms with Crippen LogP contribution >= 0.6 is 0 Å². The molecule has 2 nitrogen and oxygen atoms in total. The van der Waals surface area contributed by atoms with E-state index >= 15 is 0 Å². The average molecular weight is 187 g/mol. The van der Waals surface area contributed by atoms with Crippen LogP contribution in [-0.4, -0.2) is 13.3 Å². The van der Waals surface area contributed by atoms with Gasteiger partial charge in [0.1, 0.15) is 5.75 Å². The third-order valence-corrected chi connectivity index (χ3v) is 2.56. The first-order valence-electron chi connectivity index (χ1n) is 4.73. The van der Waals surface area contributed by atoms with E-state index < -0.39 is 0 Å². The first kappa shape index (κ1) is 9.00. The molecule has 0 fully saturated rings. The van der Waals surface area contributed by atoms with Gasteiger partial charge >= 0.3 is 0 Å². The lowest BCUT2D eigenvalue weighted by Crippen LogP contribution is -2.00. The van der Waals surface area contributed by atoms with Gasteiger partial charge in [-0.3, -0.25) is 0 Å². The van der Waals surface area contributed by atoms with Gasteiger partial charge in [-0.05, 0) is 41.7 Å². The highest BCUT2D eigenvalue weighted by Gasteiger charge is 2.11. The zero-order valence-corrected chi connectivity index (χ0v) is 8.21. The van der Waals surface area contributed by atoms with Crippen LogP contribution in [0.4, 0.5) is 0 Å². The number of aryl methyl sites for hydroxylation is 1. The molecule has 0 bridgehead atoms. The average Bonchev–Trinajstić information content (AvgIpc) is 2.27. The topological polar surface area (TPSA) is 33.1 Å². The Kier molecular flexibility index (Phi) is 2.35. The normalized spacial score (nSPS) is 14.2. The van der Waals surface area contributed by atoms with Crippen LogP contribution in [-0.2, 0) is 6.42 Å². The van der Waals surface area contributed by atoms with Gasteiger partial charge in [-0.2, -0.15) is 0 Å². The van der Waals surface area contributed by atoms with Gasteiger partial charge in [-0.15, -0.1) is 0 Å². The molecule has 0 unspecified atom stereocenters. The van der Waals surface area contributed by atoms with Crippen molar-refractivity contribution in [1.29, 1.82) is 5.41 Å². The third kappa shape index (κ3) is 1.43. The number of allylic oxidation sites excluding steroid dienone is 2. The SMILES string of the molecule is COc1ccc2c(c1)C(C=N)=CCC2. The molecule has 0 radical (unpaired) electrons. The number of hydrogen-bond acceptors (Lipinski definition) is 2. The van der Waals surface area contributed by atoms with Crippen molar-refractivity contribution in [3.05, 3.63) is 35.4 Å². The highest BCUT2D eigenvalue weighted by atomic mass is 16.5. The van der Waals surface area contributed by atoms with Gasteiger partial charge in [0.2, 0.25) is 0 Å². The van der Waals surface area contributed by atoms with Gasteiger partial charge in [-0.25, -0.2) is 0 Å². The lowest BCUT2D eigenvalue weighted by Gasteiger charge is -2.15. The summed E-state index contributed by atoms with van der Waals surface area (Å²) in [7, 11) is 1.67. The Hall–Kier alpha value is -1.57. The second-order valence-electron chi connectivity index (χ2n) is 3.37. The number of methoxy groups -OCH3 is 1. The van der Waals surface area contributed by atoms with Gasteiger partial charge in [0.25, 0.3) is 0 Å². The first-order valence-corrected chi connectivity index (χ1v) is 4.73. The largest absolute Gasteiger partial charge is 0.497 e. The van der Waals surface area contributed by atoms with Crippen LogP contribution in [0.25, 0.3) is 5.57 Å². The minimum Gasteiger partial charge on any atom is -0.497 e. The molecule has 0 aliphatic heterocycles. The molecule has 1 aliphatic rings. The number of ether oxygens (including phenoxy) is 1. The van der Waals surface area contributed by atoms with Crippen molar-refractivity contribution >= 4 is 11.8 Å². The standard InChI is InChI=1S/C12H13NO/c1-14-11-6-5-9-3-2-4-10(8-13)12(9)7-11/h4-8,13H,2-3H2,1H3. The fourth-order valence-corrected chi connectivity index (χ4v) is 1.80. The number of benzene rings is 1.